The van der Waals surface area contributed by atoms with Crippen LogP contribution < -0.4 is 5.32 Å². The van der Waals surface area contributed by atoms with Crippen LogP contribution in [0.2, 0.25) is 0 Å². The van der Waals surface area contributed by atoms with Gasteiger partial charge in [-0.25, -0.2) is 4.98 Å². The number of hydrogen-bond donors (Lipinski definition) is 1. The van der Waals surface area contributed by atoms with Crippen LogP contribution in [0.15, 0.2) is 11.6 Å². The highest BCUT2D eigenvalue weighted by molar-refractivity contribution is 7.09. The molecule has 1 N–H and O–H groups in total. The number of rotatable bonds is 6. The van der Waals surface area contributed by atoms with E-state index in [1.165, 1.54) is 30.7 Å². The molecule has 2 rings (SSSR count). The number of aromatic nitrogens is 1. The third-order valence-electron chi connectivity index (χ3n) is 4.53. The first-order valence-electron chi connectivity index (χ1n) is 7.60. The van der Waals surface area contributed by atoms with Gasteiger partial charge in [0.15, 0.2) is 0 Å². The second-order valence-corrected chi connectivity index (χ2v) is 6.62. The molecule has 2 heterocycles. The molecule has 0 aliphatic carbocycles. The average Bonchev–Trinajstić information content (AvgIpc) is 2.94. The summed E-state index contributed by atoms with van der Waals surface area (Å²) in [6, 6.07) is 0.667. The highest BCUT2D eigenvalue weighted by atomic mass is 32.1. The molecule has 1 atom stereocenters. The van der Waals surface area contributed by atoms with Crippen LogP contribution in [0.1, 0.15) is 51.5 Å². The lowest BCUT2D eigenvalue weighted by Crippen LogP contribution is -2.63. The smallest absolute Gasteiger partial charge is 0.107 e. The standard InChI is InChI=1S/C15H27N3S/c1-4-7-13-10-17-15(5-2,6-3)12-18(13)11-14-16-8-9-19-14/h8-9,13,17H,4-7,10-12H2,1-3H3. The van der Waals surface area contributed by atoms with Crippen molar-refractivity contribution in [2.75, 3.05) is 13.1 Å². The number of thiazole rings is 1. The highest BCUT2D eigenvalue weighted by Crippen LogP contribution is 2.26. The normalized spacial score (nSPS) is 23.6. The van der Waals surface area contributed by atoms with E-state index in [0.717, 1.165) is 19.6 Å². The van der Waals surface area contributed by atoms with E-state index in [4.69, 9.17) is 0 Å². The molecule has 0 bridgehead atoms. The molecule has 0 spiro atoms. The summed E-state index contributed by atoms with van der Waals surface area (Å²) in [6.07, 6.45) is 6.87. The van der Waals surface area contributed by atoms with Gasteiger partial charge < -0.3 is 5.32 Å². The summed E-state index contributed by atoms with van der Waals surface area (Å²) in [4.78, 5) is 7.12. The third kappa shape index (κ3) is 3.56. The summed E-state index contributed by atoms with van der Waals surface area (Å²) in [7, 11) is 0. The summed E-state index contributed by atoms with van der Waals surface area (Å²) < 4.78 is 0. The van der Waals surface area contributed by atoms with Crippen molar-refractivity contribution in [1.29, 1.82) is 0 Å². The predicted molar refractivity (Wildman–Crippen MR) is 82.5 cm³/mol. The van der Waals surface area contributed by atoms with Gasteiger partial charge in [0, 0.05) is 36.2 Å². The van der Waals surface area contributed by atoms with Crippen LogP contribution >= 0.6 is 11.3 Å². The summed E-state index contributed by atoms with van der Waals surface area (Å²) in [5.74, 6) is 0. The van der Waals surface area contributed by atoms with Crippen molar-refractivity contribution in [2.45, 2.75) is 64.6 Å². The van der Waals surface area contributed by atoms with E-state index in [1.54, 1.807) is 11.3 Å². The minimum Gasteiger partial charge on any atom is -0.308 e. The van der Waals surface area contributed by atoms with Gasteiger partial charge in [-0.2, -0.15) is 0 Å². The summed E-state index contributed by atoms with van der Waals surface area (Å²) >= 11 is 1.78. The van der Waals surface area contributed by atoms with Gasteiger partial charge in [-0.05, 0) is 19.3 Å². The highest BCUT2D eigenvalue weighted by Gasteiger charge is 2.36. The average molecular weight is 281 g/mol. The summed E-state index contributed by atoms with van der Waals surface area (Å²) in [6.45, 7) is 10.2. The maximum absolute atomic E-state index is 4.46. The number of hydrogen-bond acceptors (Lipinski definition) is 4. The van der Waals surface area contributed by atoms with Gasteiger partial charge in [-0.1, -0.05) is 27.2 Å². The minimum absolute atomic E-state index is 0.307. The lowest BCUT2D eigenvalue weighted by atomic mass is 9.88. The maximum atomic E-state index is 4.46. The molecule has 1 aliphatic rings. The zero-order valence-corrected chi connectivity index (χ0v) is 13.3. The molecule has 1 aliphatic heterocycles. The van der Waals surface area contributed by atoms with Gasteiger partial charge >= 0.3 is 0 Å². The van der Waals surface area contributed by atoms with Crippen molar-refractivity contribution < 1.29 is 0 Å². The fraction of sp³-hybridized carbons (Fsp3) is 0.800. The van der Waals surface area contributed by atoms with Crippen molar-refractivity contribution in [3.63, 3.8) is 0 Å². The summed E-state index contributed by atoms with van der Waals surface area (Å²) in [5, 5.41) is 7.15. The third-order valence-corrected chi connectivity index (χ3v) is 5.30. The van der Waals surface area contributed by atoms with Crippen LogP contribution in [-0.4, -0.2) is 34.6 Å². The van der Waals surface area contributed by atoms with E-state index in [9.17, 15) is 0 Å². The molecule has 0 radical (unpaired) electrons. The molecule has 108 valence electrons. The van der Waals surface area contributed by atoms with Gasteiger partial charge in [-0.15, -0.1) is 11.3 Å². The second-order valence-electron chi connectivity index (χ2n) is 5.64. The Morgan fingerprint density at radius 3 is 2.79 bits per heavy atom. The molecule has 0 amide bonds. The largest absolute Gasteiger partial charge is 0.308 e. The molecule has 1 fully saturated rings. The van der Waals surface area contributed by atoms with Crippen LogP contribution in [0.4, 0.5) is 0 Å². The molecule has 1 saturated heterocycles. The quantitative estimate of drug-likeness (QED) is 0.867. The van der Waals surface area contributed by atoms with Crippen molar-refractivity contribution in [3.8, 4) is 0 Å². The number of nitrogens with zero attached hydrogens (tertiary/aromatic N) is 2. The van der Waals surface area contributed by atoms with E-state index in [0.29, 0.717) is 11.6 Å². The zero-order valence-electron chi connectivity index (χ0n) is 12.5. The topological polar surface area (TPSA) is 28.2 Å². The van der Waals surface area contributed by atoms with E-state index < -0.39 is 0 Å². The molecule has 1 aromatic heterocycles. The van der Waals surface area contributed by atoms with Crippen LogP contribution in [0.3, 0.4) is 0 Å². The summed E-state index contributed by atoms with van der Waals surface area (Å²) in [5.41, 5.74) is 0.307. The van der Waals surface area contributed by atoms with Crippen molar-refractivity contribution >= 4 is 11.3 Å². The van der Waals surface area contributed by atoms with Crippen molar-refractivity contribution in [3.05, 3.63) is 16.6 Å². The van der Waals surface area contributed by atoms with E-state index in [1.807, 2.05) is 6.20 Å². The van der Waals surface area contributed by atoms with Gasteiger partial charge in [-0.3, -0.25) is 4.90 Å². The second kappa shape index (κ2) is 6.82. The number of nitrogens with one attached hydrogen (secondary N) is 1. The van der Waals surface area contributed by atoms with Gasteiger partial charge in [0.2, 0.25) is 0 Å². The molecule has 1 aromatic rings. The van der Waals surface area contributed by atoms with Crippen molar-refractivity contribution in [2.24, 2.45) is 0 Å². The van der Waals surface area contributed by atoms with Gasteiger partial charge in [0.25, 0.3) is 0 Å². The fourth-order valence-corrected chi connectivity index (χ4v) is 3.71. The van der Waals surface area contributed by atoms with Crippen LogP contribution in [0, 0.1) is 0 Å². The molecule has 3 nitrogen and oxygen atoms in total. The van der Waals surface area contributed by atoms with Crippen LogP contribution in [0.5, 0.6) is 0 Å². The zero-order chi connectivity index (χ0) is 13.7. The van der Waals surface area contributed by atoms with Gasteiger partial charge in [0.1, 0.15) is 5.01 Å². The monoisotopic (exact) mass is 281 g/mol. The van der Waals surface area contributed by atoms with Gasteiger partial charge in [0.05, 0.1) is 6.54 Å². The molecule has 0 aromatic carbocycles. The SMILES string of the molecule is CCCC1CNC(CC)(CC)CN1Cc1nccs1. The molecule has 19 heavy (non-hydrogen) atoms. The van der Waals surface area contributed by atoms with Crippen LogP contribution in [0.25, 0.3) is 0 Å². The molecule has 4 heteroatoms. The fourth-order valence-electron chi connectivity index (χ4n) is 3.07. The lowest BCUT2D eigenvalue weighted by Gasteiger charge is -2.47. The first kappa shape index (κ1) is 14.9. The van der Waals surface area contributed by atoms with E-state index in [-0.39, 0.29) is 0 Å². The van der Waals surface area contributed by atoms with E-state index >= 15 is 0 Å². The Bertz CT molecular complexity index is 359. The minimum atomic E-state index is 0.307. The molecular weight excluding hydrogens is 254 g/mol. The first-order chi connectivity index (χ1) is 9.23. The van der Waals surface area contributed by atoms with E-state index in [2.05, 4.69) is 41.4 Å². The predicted octanol–water partition coefficient (Wildman–Crippen LogP) is 3.28. The Labute approximate surface area is 121 Å². The Balaban J connectivity index is 2.08. The Hall–Kier alpha value is -0.450. The molecule has 0 saturated carbocycles. The number of piperazine rings is 1. The van der Waals surface area contributed by atoms with Crippen LogP contribution in [-0.2, 0) is 6.54 Å². The molecular formula is C15H27N3S. The Morgan fingerprint density at radius 2 is 2.21 bits per heavy atom. The molecule has 1 unspecified atom stereocenters. The Morgan fingerprint density at radius 1 is 1.42 bits per heavy atom. The maximum Gasteiger partial charge on any atom is 0.107 e. The van der Waals surface area contributed by atoms with Crippen molar-refractivity contribution in [1.82, 2.24) is 15.2 Å². The first-order valence-corrected chi connectivity index (χ1v) is 8.48. The Kier molecular flexibility index (Phi) is 5.37. The lowest BCUT2D eigenvalue weighted by molar-refractivity contribution is 0.0616.